The van der Waals surface area contributed by atoms with Gasteiger partial charge in [-0.3, -0.25) is 4.98 Å². The standard InChI is InChI=1S/C21H21N5O2/c1-2-7-20-18(6-1)24-21(27-20)26-11-8-15(9-12-26)23-14-16-13-19(25-28-16)17-5-3-4-10-22-17/h1-7,10,13,15,23H,8-9,11-12,14H2. The Hall–Kier alpha value is -3.19. The third-order valence-corrected chi connectivity index (χ3v) is 5.10. The lowest BCUT2D eigenvalue weighted by Gasteiger charge is -2.31. The van der Waals surface area contributed by atoms with Crippen molar-refractivity contribution in [3.8, 4) is 11.4 Å². The van der Waals surface area contributed by atoms with Gasteiger partial charge in [0.15, 0.2) is 11.3 Å². The van der Waals surface area contributed by atoms with Crippen LogP contribution in [0.15, 0.2) is 63.7 Å². The molecule has 4 heterocycles. The molecule has 7 heteroatoms. The molecule has 142 valence electrons. The number of anilines is 1. The van der Waals surface area contributed by atoms with Crippen LogP contribution in [0.2, 0.25) is 0 Å². The molecule has 4 aromatic rings. The van der Waals surface area contributed by atoms with Gasteiger partial charge in [0.05, 0.1) is 12.2 Å². The van der Waals surface area contributed by atoms with Crippen molar-refractivity contribution in [3.05, 3.63) is 60.5 Å². The van der Waals surface area contributed by atoms with Crippen LogP contribution in [0, 0.1) is 0 Å². The predicted molar refractivity (Wildman–Crippen MR) is 106 cm³/mol. The van der Waals surface area contributed by atoms with Crippen LogP contribution in [0.4, 0.5) is 6.01 Å². The second-order valence-corrected chi connectivity index (χ2v) is 7.00. The highest BCUT2D eigenvalue weighted by Gasteiger charge is 2.22. The molecular formula is C21H21N5O2. The second-order valence-electron chi connectivity index (χ2n) is 7.00. The Labute approximate surface area is 162 Å². The number of nitrogens with one attached hydrogen (secondary N) is 1. The average Bonchev–Trinajstić information content (AvgIpc) is 3.40. The van der Waals surface area contributed by atoms with E-state index < -0.39 is 0 Å². The summed E-state index contributed by atoms with van der Waals surface area (Å²) in [4.78, 5) is 11.1. The summed E-state index contributed by atoms with van der Waals surface area (Å²) in [5.41, 5.74) is 3.34. The molecule has 1 N–H and O–H groups in total. The first-order valence-electron chi connectivity index (χ1n) is 9.56. The number of piperidine rings is 1. The molecular weight excluding hydrogens is 354 g/mol. The number of fused-ring (bicyclic) bond motifs is 1. The van der Waals surface area contributed by atoms with E-state index in [-0.39, 0.29) is 0 Å². The summed E-state index contributed by atoms with van der Waals surface area (Å²) in [6, 6.07) is 16.7. The molecule has 0 aliphatic carbocycles. The zero-order valence-corrected chi connectivity index (χ0v) is 15.4. The van der Waals surface area contributed by atoms with E-state index in [0.717, 1.165) is 60.2 Å². The van der Waals surface area contributed by atoms with Crippen molar-refractivity contribution in [2.75, 3.05) is 18.0 Å². The minimum atomic E-state index is 0.434. The lowest BCUT2D eigenvalue weighted by molar-refractivity contribution is 0.344. The first kappa shape index (κ1) is 16.9. The van der Waals surface area contributed by atoms with Gasteiger partial charge in [-0.05, 0) is 37.1 Å². The zero-order chi connectivity index (χ0) is 18.8. The summed E-state index contributed by atoms with van der Waals surface area (Å²) in [5.74, 6) is 0.821. The normalized spacial score (nSPS) is 15.4. The molecule has 1 aliphatic rings. The minimum Gasteiger partial charge on any atom is -0.423 e. The average molecular weight is 375 g/mol. The maximum Gasteiger partial charge on any atom is 0.298 e. The van der Waals surface area contributed by atoms with E-state index in [4.69, 9.17) is 8.94 Å². The molecule has 1 aromatic carbocycles. The van der Waals surface area contributed by atoms with Gasteiger partial charge in [-0.25, -0.2) is 0 Å². The van der Waals surface area contributed by atoms with Crippen molar-refractivity contribution < 1.29 is 8.94 Å². The van der Waals surface area contributed by atoms with Crippen LogP contribution < -0.4 is 10.2 Å². The van der Waals surface area contributed by atoms with Gasteiger partial charge < -0.3 is 19.2 Å². The SMILES string of the molecule is c1ccc(-c2cc(CNC3CCN(c4nc5ccccc5o4)CC3)on2)nc1. The molecule has 0 atom stereocenters. The van der Waals surface area contributed by atoms with Crippen molar-refractivity contribution in [1.82, 2.24) is 20.4 Å². The van der Waals surface area contributed by atoms with Gasteiger partial charge in [0.1, 0.15) is 11.2 Å². The number of rotatable bonds is 5. The Morgan fingerprint density at radius 1 is 1.04 bits per heavy atom. The Morgan fingerprint density at radius 3 is 2.71 bits per heavy atom. The summed E-state index contributed by atoms with van der Waals surface area (Å²) in [6.07, 6.45) is 3.81. The molecule has 0 saturated carbocycles. The number of nitrogens with zero attached hydrogens (tertiary/aromatic N) is 4. The summed E-state index contributed by atoms with van der Waals surface area (Å²) >= 11 is 0. The Morgan fingerprint density at radius 2 is 1.89 bits per heavy atom. The molecule has 1 aliphatic heterocycles. The lowest BCUT2D eigenvalue weighted by atomic mass is 10.1. The number of aromatic nitrogens is 3. The van der Waals surface area contributed by atoms with Gasteiger partial charge in [-0.2, -0.15) is 4.98 Å². The van der Waals surface area contributed by atoms with E-state index in [2.05, 4.69) is 25.3 Å². The quantitative estimate of drug-likeness (QED) is 0.570. The summed E-state index contributed by atoms with van der Waals surface area (Å²) < 4.78 is 11.3. The monoisotopic (exact) mass is 375 g/mol. The largest absolute Gasteiger partial charge is 0.423 e. The van der Waals surface area contributed by atoms with Crippen LogP contribution in [-0.2, 0) is 6.54 Å². The summed E-state index contributed by atoms with van der Waals surface area (Å²) in [5, 5.41) is 7.69. The third kappa shape index (κ3) is 3.48. The molecule has 7 nitrogen and oxygen atoms in total. The smallest absolute Gasteiger partial charge is 0.298 e. The van der Waals surface area contributed by atoms with Crippen LogP contribution in [-0.4, -0.2) is 34.3 Å². The van der Waals surface area contributed by atoms with Crippen LogP contribution in [0.3, 0.4) is 0 Å². The highest BCUT2D eigenvalue weighted by molar-refractivity contribution is 5.74. The van der Waals surface area contributed by atoms with Gasteiger partial charge in [-0.15, -0.1) is 0 Å². The molecule has 0 spiro atoms. The van der Waals surface area contributed by atoms with E-state index in [9.17, 15) is 0 Å². The maximum absolute atomic E-state index is 5.88. The number of oxazole rings is 1. The molecule has 0 unspecified atom stereocenters. The minimum absolute atomic E-state index is 0.434. The second kappa shape index (κ2) is 7.44. The first-order chi connectivity index (χ1) is 13.8. The molecule has 0 amide bonds. The number of hydrogen-bond donors (Lipinski definition) is 1. The Balaban J connectivity index is 1.15. The molecule has 0 radical (unpaired) electrons. The first-order valence-corrected chi connectivity index (χ1v) is 9.56. The number of para-hydroxylation sites is 2. The Kier molecular flexibility index (Phi) is 4.50. The van der Waals surface area contributed by atoms with Crippen LogP contribution in [0.25, 0.3) is 22.5 Å². The molecule has 5 rings (SSSR count). The molecule has 1 saturated heterocycles. The van der Waals surface area contributed by atoms with Crippen LogP contribution in [0.1, 0.15) is 18.6 Å². The summed E-state index contributed by atoms with van der Waals surface area (Å²) in [6.45, 7) is 2.49. The fraction of sp³-hybridized carbons (Fsp3) is 0.286. The predicted octanol–water partition coefficient (Wildman–Crippen LogP) is 3.64. The number of pyridine rings is 1. The summed E-state index contributed by atoms with van der Waals surface area (Å²) in [7, 11) is 0. The fourth-order valence-corrected chi connectivity index (χ4v) is 3.55. The van der Waals surface area contributed by atoms with Gasteiger partial charge in [0.2, 0.25) is 0 Å². The van der Waals surface area contributed by atoms with E-state index in [1.165, 1.54) is 0 Å². The molecule has 0 bridgehead atoms. The van der Waals surface area contributed by atoms with Gasteiger partial charge in [0, 0.05) is 31.4 Å². The van der Waals surface area contributed by atoms with Gasteiger partial charge >= 0.3 is 0 Å². The van der Waals surface area contributed by atoms with Gasteiger partial charge in [-0.1, -0.05) is 23.4 Å². The van der Waals surface area contributed by atoms with E-state index in [0.29, 0.717) is 12.6 Å². The van der Waals surface area contributed by atoms with Crippen molar-refractivity contribution in [1.29, 1.82) is 0 Å². The maximum atomic E-state index is 5.88. The van der Waals surface area contributed by atoms with Crippen molar-refractivity contribution in [2.45, 2.75) is 25.4 Å². The topological polar surface area (TPSA) is 80.2 Å². The Bertz CT molecular complexity index is 1020. The lowest BCUT2D eigenvalue weighted by Crippen LogP contribution is -2.42. The highest BCUT2D eigenvalue weighted by Crippen LogP contribution is 2.24. The van der Waals surface area contributed by atoms with Crippen molar-refractivity contribution in [3.63, 3.8) is 0 Å². The van der Waals surface area contributed by atoms with Crippen LogP contribution in [0.5, 0.6) is 0 Å². The molecule has 3 aromatic heterocycles. The van der Waals surface area contributed by atoms with Crippen LogP contribution >= 0.6 is 0 Å². The van der Waals surface area contributed by atoms with E-state index >= 15 is 0 Å². The van der Waals surface area contributed by atoms with E-state index in [1.807, 2.05) is 48.5 Å². The fourth-order valence-electron chi connectivity index (χ4n) is 3.55. The number of benzene rings is 1. The molecule has 1 fully saturated rings. The highest BCUT2D eigenvalue weighted by atomic mass is 16.5. The molecule has 28 heavy (non-hydrogen) atoms. The van der Waals surface area contributed by atoms with E-state index in [1.54, 1.807) is 6.20 Å². The van der Waals surface area contributed by atoms with Crippen molar-refractivity contribution in [2.24, 2.45) is 0 Å². The van der Waals surface area contributed by atoms with Gasteiger partial charge in [0.25, 0.3) is 6.01 Å². The zero-order valence-electron chi connectivity index (χ0n) is 15.4. The third-order valence-electron chi connectivity index (χ3n) is 5.10. The number of hydrogen-bond acceptors (Lipinski definition) is 7. The van der Waals surface area contributed by atoms with Crippen molar-refractivity contribution >= 4 is 17.1 Å².